The molecular formula is C4H6O. The van der Waals surface area contributed by atoms with E-state index in [-0.39, 0.29) is 0 Å². The van der Waals surface area contributed by atoms with Gasteiger partial charge in [-0.1, -0.05) is 13.1 Å². The maximum Gasteiger partial charge on any atom is 0.104 e. The molecule has 1 nitrogen and oxygen atoms in total. The fourth-order valence-electron chi connectivity index (χ4n) is 0.0255. The van der Waals surface area contributed by atoms with Gasteiger partial charge < -0.3 is 4.74 Å². The summed E-state index contributed by atoms with van der Waals surface area (Å²) in [4.78, 5) is 0. The van der Waals surface area contributed by atoms with Crippen molar-refractivity contribution in [3.05, 3.63) is 25.5 Å². The van der Waals surface area contributed by atoms with E-state index in [4.69, 9.17) is 8.22 Å². The van der Waals surface area contributed by atoms with E-state index in [2.05, 4.69) is 4.74 Å². The Bertz CT molecular complexity index is 177. The van der Waals surface area contributed by atoms with Gasteiger partial charge in [-0.3, -0.25) is 0 Å². The minimum atomic E-state index is -0.893. The molecule has 1 heteroatoms. The third kappa shape index (κ3) is 3.28. The van der Waals surface area contributed by atoms with Crippen molar-refractivity contribution in [3.8, 4) is 0 Å². The second kappa shape index (κ2) is 3.28. The predicted octanol–water partition coefficient (Wildman–Crippen LogP) is 1.29. The molecule has 0 aliphatic heterocycles. The molecule has 0 rings (SSSR count). The molecule has 0 aromatic carbocycles. The maximum atomic E-state index is 6.71. The third-order valence-electron chi connectivity index (χ3n) is 0.102. The van der Waals surface area contributed by atoms with Crippen molar-refractivity contribution in [1.29, 1.82) is 0 Å². The smallest absolute Gasteiger partial charge is 0.104 e. The molecule has 0 saturated heterocycles. The van der Waals surface area contributed by atoms with Crippen LogP contribution in [0.25, 0.3) is 0 Å². The van der Waals surface area contributed by atoms with Crippen LogP contribution in [0.2, 0.25) is 0 Å². The van der Waals surface area contributed by atoms with Gasteiger partial charge in [0.25, 0.3) is 0 Å². The van der Waals surface area contributed by atoms with Crippen molar-refractivity contribution in [2.75, 3.05) is 0 Å². The fraction of sp³-hybridized carbons (Fsp3) is 0. The topological polar surface area (TPSA) is 9.23 Å². The highest BCUT2D eigenvalue weighted by atomic mass is 16.5. The van der Waals surface area contributed by atoms with E-state index in [9.17, 15) is 0 Å². The van der Waals surface area contributed by atoms with Crippen molar-refractivity contribution >= 4 is 0 Å². The molecule has 0 fully saturated rings. The second-order valence-electron chi connectivity index (χ2n) is 0.306. The summed E-state index contributed by atoms with van der Waals surface area (Å²) in [5.41, 5.74) is 0. The lowest BCUT2D eigenvalue weighted by molar-refractivity contribution is 0.406. The summed E-state index contributed by atoms with van der Waals surface area (Å²) in [6, 6.07) is 0. The zero-order valence-corrected chi connectivity index (χ0v) is 2.41. The highest BCUT2D eigenvalue weighted by Crippen LogP contribution is 1.65. The SMILES string of the molecule is [2H]C([2H])=C([2H])OC([2H])=C([2H])[2H]. The Hall–Kier alpha value is -0.720. The van der Waals surface area contributed by atoms with E-state index in [0.717, 1.165) is 0 Å². The molecule has 0 aliphatic rings. The number of hydrogen-bond donors (Lipinski definition) is 0. The molecule has 0 spiro atoms. The van der Waals surface area contributed by atoms with Gasteiger partial charge in [0.2, 0.25) is 0 Å². The van der Waals surface area contributed by atoms with Crippen molar-refractivity contribution in [2.24, 2.45) is 0 Å². The molecule has 0 heterocycles. The lowest BCUT2D eigenvalue weighted by Crippen LogP contribution is -1.52. The van der Waals surface area contributed by atoms with Crippen LogP contribution in [0, 0.1) is 0 Å². The average molecular weight is 76.1 g/mol. The minimum Gasteiger partial charge on any atom is -0.474 e. The van der Waals surface area contributed by atoms with Crippen LogP contribution in [0.4, 0.5) is 0 Å². The summed E-state index contributed by atoms with van der Waals surface area (Å²) in [6.45, 7) is -1.79. The summed E-state index contributed by atoms with van der Waals surface area (Å²) < 4.78 is 43.6. The van der Waals surface area contributed by atoms with E-state index in [1.807, 2.05) is 0 Å². The van der Waals surface area contributed by atoms with E-state index in [0.29, 0.717) is 0 Å². The summed E-state index contributed by atoms with van der Waals surface area (Å²) in [5, 5.41) is 0. The van der Waals surface area contributed by atoms with Gasteiger partial charge in [0.05, 0.1) is 18.0 Å². The molecule has 28 valence electrons. The standard InChI is InChI=1S/C4H6O/c1-3-5-4-2/h3-4H,1-2H2/i1D2,2D2,3D,4D. The van der Waals surface area contributed by atoms with Gasteiger partial charge >= 0.3 is 0 Å². The molecule has 0 radical (unpaired) electrons. The van der Waals surface area contributed by atoms with Crippen LogP contribution in [0.3, 0.4) is 0 Å². The molecule has 0 bridgehead atoms. The monoisotopic (exact) mass is 76.1 g/mol. The van der Waals surface area contributed by atoms with E-state index < -0.39 is 25.5 Å². The summed E-state index contributed by atoms with van der Waals surface area (Å²) in [5.74, 6) is 0. The van der Waals surface area contributed by atoms with E-state index in [1.54, 1.807) is 0 Å². The van der Waals surface area contributed by atoms with Gasteiger partial charge in [0, 0.05) is 0 Å². The zero-order chi connectivity index (χ0) is 9.02. The van der Waals surface area contributed by atoms with E-state index >= 15 is 0 Å². The molecular weight excluding hydrogens is 64.0 g/mol. The molecule has 0 saturated carbocycles. The van der Waals surface area contributed by atoms with Crippen molar-refractivity contribution in [1.82, 2.24) is 0 Å². The average Bonchev–Trinajstić information content (AvgIpc) is 1.87. The summed E-state index contributed by atoms with van der Waals surface area (Å²) >= 11 is 0. The first kappa shape index (κ1) is 0.535. The number of rotatable bonds is 2. The Balaban J connectivity index is 4.30. The van der Waals surface area contributed by atoms with Crippen LogP contribution in [-0.2, 0) is 4.74 Å². The first-order chi connectivity index (χ1) is 4.95. The minimum absolute atomic E-state index is 0.841. The Labute approximate surface area is 40.0 Å². The van der Waals surface area contributed by atoms with Crippen LogP contribution in [0.1, 0.15) is 8.22 Å². The van der Waals surface area contributed by atoms with Gasteiger partial charge in [-0.2, -0.15) is 0 Å². The van der Waals surface area contributed by atoms with Crippen LogP contribution < -0.4 is 0 Å². The Kier molecular flexibility index (Phi) is 0.351. The Morgan fingerprint density at radius 3 is 2.80 bits per heavy atom. The first-order valence-corrected chi connectivity index (χ1v) is 0.908. The van der Waals surface area contributed by atoms with Gasteiger partial charge in [0.1, 0.15) is 2.74 Å². The van der Waals surface area contributed by atoms with Gasteiger partial charge in [0.15, 0.2) is 0 Å². The first-order valence-electron chi connectivity index (χ1n) is 3.91. The highest BCUT2D eigenvalue weighted by molar-refractivity contribution is 4.57. The largest absolute Gasteiger partial charge is 0.474 e. The Morgan fingerprint density at radius 1 is 1.80 bits per heavy atom. The number of ether oxygens (including phenoxy) is 1. The van der Waals surface area contributed by atoms with Crippen molar-refractivity contribution in [2.45, 2.75) is 0 Å². The Morgan fingerprint density at radius 2 is 2.40 bits per heavy atom. The molecule has 0 amide bonds. The summed E-state index contributed by atoms with van der Waals surface area (Å²) in [6.07, 6.45) is -1.68. The van der Waals surface area contributed by atoms with Gasteiger partial charge in [-0.15, -0.1) is 0 Å². The molecule has 0 aromatic heterocycles. The van der Waals surface area contributed by atoms with Gasteiger partial charge in [-0.25, -0.2) is 0 Å². The molecule has 0 unspecified atom stereocenters. The fourth-order valence-corrected chi connectivity index (χ4v) is 0.0255. The third-order valence-corrected chi connectivity index (χ3v) is 0.102. The predicted molar refractivity (Wildman–Crippen MR) is 21.5 cm³/mol. The van der Waals surface area contributed by atoms with E-state index in [1.165, 1.54) is 0 Å². The molecule has 0 aromatic rings. The normalized spacial score (nSPS) is 20.8. The van der Waals surface area contributed by atoms with Crippen LogP contribution in [0.15, 0.2) is 25.5 Å². The zero-order valence-electron chi connectivity index (χ0n) is 8.41. The number of hydrogen-bond acceptors (Lipinski definition) is 1. The van der Waals surface area contributed by atoms with Crippen molar-refractivity contribution < 1.29 is 13.0 Å². The van der Waals surface area contributed by atoms with Crippen LogP contribution in [0.5, 0.6) is 0 Å². The molecule has 0 N–H and O–H groups in total. The lowest BCUT2D eigenvalue weighted by Gasteiger charge is -1.76. The molecule has 0 aliphatic carbocycles. The van der Waals surface area contributed by atoms with Crippen molar-refractivity contribution in [3.63, 3.8) is 0 Å². The van der Waals surface area contributed by atoms with Crippen LogP contribution in [-0.4, -0.2) is 0 Å². The molecule has 5 heavy (non-hydrogen) atoms. The summed E-state index contributed by atoms with van der Waals surface area (Å²) in [7, 11) is 0. The maximum absolute atomic E-state index is 6.71. The van der Waals surface area contributed by atoms with Crippen LogP contribution >= 0.6 is 0 Å². The highest BCUT2D eigenvalue weighted by Gasteiger charge is 1.45. The second-order valence-corrected chi connectivity index (χ2v) is 0.306. The van der Waals surface area contributed by atoms with Gasteiger partial charge in [-0.05, 0) is 0 Å². The molecule has 0 atom stereocenters. The quantitative estimate of drug-likeness (QED) is 0.450. The lowest BCUT2D eigenvalue weighted by atomic mass is 11.1.